The fourth-order valence-electron chi connectivity index (χ4n) is 8.85. The van der Waals surface area contributed by atoms with Gasteiger partial charge in [-0.3, -0.25) is 19.3 Å². The van der Waals surface area contributed by atoms with Gasteiger partial charge in [0.05, 0.1) is 12.0 Å². The first-order valence-corrected chi connectivity index (χ1v) is 18.8. The van der Waals surface area contributed by atoms with Gasteiger partial charge in [-0.1, -0.05) is 37.6 Å². The third-order valence-corrected chi connectivity index (χ3v) is 12.4. The SMILES string of the molecule is CN1CCN(C(=O)[C@@H]2C[C@H](N(C(=O)[C@@H]3CCCO3)C3CCC(C)(C)CC3)CN2C(=O)[C@@H]2CN(C(C)(C)C)C[C@H]2c2ccc(Cl)cc2)CC1. The van der Waals surface area contributed by atoms with Crippen LogP contribution in [0, 0.1) is 11.3 Å². The Balaban J connectivity index is 1.33. The zero-order valence-electron chi connectivity index (χ0n) is 30.1. The Morgan fingerprint density at radius 1 is 0.896 bits per heavy atom. The largest absolute Gasteiger partial charge is 0.368 e. The number of ether oxygens (including phenoxy) is 1. The van der Waals surface area contributed by atoms with Crippen molar-refractivity contribution >= 4 is 29.3 Å². The number of nitrogens with zero attached hydrogens (tertiary/aromatic N) is 5. The third kappa shape index (κ3) is 7.59. The molecule has 1 aliphatic carbocycles. The second-order valence-corrected chi connectivity index (χ2v) is 17.4. The lowest BCUT2D eigenvalue weighted by Crippen LogP contribution is -2.54. The van der Waals surface area contributed by atoms with Crippen molar-refractivity contribution < 1.29 is 19.1 Å². The number of piperazine rings is 1. The summed E-state index contributed by atoms with van der Waals surface area (Å²) >= 11 is 6.28. The minimum absolute atomic E-state index is 0.0161. The molecular formula is C38H58ClN5O4. The fourth-order valence-corrected chi connectivity index (χ4v) is 8.98. The highest BCUT2D eigenvalue weighted by atomic mass is 35.5. The van der Waals surface area contributed by atoms with Crippen LogP contribution in [-0.2, 0) is 19.1 Å². The lowest BCUT2D eigenvalue weighted by molar-refractivity contribution is -0.148. The van der Waals surface area contributed by atoms with Crippen molar-refractivity contribution in [2.24, 2.45) is 11.3 Å². The molecule has 9 nitrogen and oxygen atoms in total. The summed E-state index contributed by atoms with van der Waals surface area (Å²) in [4.78, 5) is 54.4. The van der Waals surface area contributed by atoms with Crippen LogP contribution in [0.25, 0.3) is 0 Å². The molecule has 0 spiro atoms. The molecule has 0 aromatic heterocycles. The van der Waals surface area contributed by atoms with Crippen LogP contribution in [-0.4, -0.2) is 131 Å². The maximum absolute atomic E-state index is 15.0. The minimum Gasteiger partial charge on any atom is -0.368 e. The predicted molar refractivity (Wildman–Crippen MR) is 189 cm³/mol. The molecule has 5 aliphatic rings. The van der Waals surface area contributed by atoms with Gasteiger partial charge in [-0.05, 0) is 95.9 Å². The maximum Gasteiger partial charge on any atom is 0.252 e. The van der Waals surface area contributed by atoms with Crippen molar-refractivity contribution in [1.82, 2.24) is 24.5 Å². The number of benzene rings is 1. The zero-order valence-corrected chi connectivity index (χ0v) is 30.9. The lowest BCUT2D eigenvalue weighted by Gasteiger charge is -2.43. The first kappa shape index (κ1) is 35.6. The van der Waals surface area contributed by atoms with Crippen LogP contribution in [0.3, 0.4) is 0 Å². The molecular weight excluding hydrogens is 626 g/mol. The molecule has 0 radical (unpaired) electrons. The van der Waals surface area contributed by atoms with E-state index in [1.54, 1.807) is 0 Å². The van der Waals surface area contributed by atoms with Crippen molar-refractivity contribution in [3.63, 3.8) is 0 Å². The quantitative estimate of drug-likeness (QED) is 0.426. The second kappa shape index (κ2) is 14.2. The first-order chi connectivity index (χ1) is 22.7. The summed E-state index contributed by atoms with van der Waals surface area (Å²) in [5, 5.41) is 0.676. The van der Waals surface area contributed by atoms with Crippen LogP contribution in [0.1, 0.15) is 91.0 Å². The summed E-state index contributed by atoms with van der Waals surface area (Å²) in [6, 6.07) is 7.21. The van der Waals surface area contributed by atoms with Crippen molar-refractivity contribution in [2.75, 3.05) is 59.5 Å². The van der Waals surface area contributed by atoms with Crippen molar-refractivity contribution in [3.8, 4) is 0 Å². The molecule has 5 fully saturated rings. The van der Waals surface area contributed by atoms with Crippen molar-refractivity contribution in [2.45, 2.75) is 115 Å². The number of likely N-dealkylation sites (tertiary alicyclic amines) is 2. The molecule has 48 heavy (non-hydrogen) atoms. The Morgan fingerprint density at radius 3 is 2.17 bits per heavy atom. The van der Waals surface area contributed by atoms with E-state index >= 15 is 4.79 Å². The van der Waals surface area contributed by atoms with E-state index in [1.807, 2.05) is 34.1 Å². The van der Waals surface area contributed by atoms with Gasteiger partial charge in [0.2, 0.25) is 11.8 Å². The van der Waals surface area contributed by atoms with Crippen LogP contribution < -0.4 is 0 Å². The van der Waals surface area contributed by atoms with E-state index in [0.29, 0.717) is 44.2 Å². The molecule has 1 aromatic carbocycles. The molecule has 10 heteroatoms. The number of carbonyl (C=O) groups is 3. The van der Waals surface area contributed by atoms with Crippen LogP contribution in [0.4, 0.5) is 0 Å². The van der Waals surface area contributed by atoms with Crippen LogP contribution in [0.2, 0.25) is 5.02 Å². The zero-order chi connectivity index (χ0) is 34.4. The molecule has 6 rings (SSSR count). The van der Waals surface area contributed by atoms with Crippen LogP contribution >= 0.6 is 11.6 Å². The number of hydrogen-bond donors (Lipinski definition) is 0. The van der Waals surface area contributed by atoms with E-state index in [0.717, 1.165) is 63.7 Å². The summed E-state index contributed by atoms with van der Waals surface area (Å²) in [6.45, 7) is 16.6. The van der Waals surface area contributed by atoms with Gasteiger partial charge < -0.3 is 24.3 Å². The molecule has 1 aromatic rings. The molecule has 1 saturated carbocycles. The third-order valence-electron chi connectivity index (χ3n) is 12.1. The Morgan fingerprint density at radius 2 is 1.56 bits per heavy atom. The number of likely N-dealkylation sites (N-methyl/N-ethyl adjacent to an activating group) is 1. The molecule has 4 saturated heterocycles. The van der Waals surface area contributed by atoms with Crippen molar-refractivity contribution in [1.29, 1.82) is 0 Å². The Labute approximate surface area is 293 Å². The summed E-state index contributed by atoms with van der Waals surface area (Å²) in [6.07, 6.45) is 5.67. The maximum atomic E-state index is 15.0. The topological polar surface area (TPSA) is 76.6 Å². The van der Waals surface area contributed by atoms with E-state index < -0.39 is 12.1 Å². The molecule has 4 heterocycles. The minimum atomic E-state index is -0.583. The Hall–Kier alpha value is -2.20. The molecule has 0 unspecified atom stereocenters. The molecule has 5 atom stereocenters. The van der Waals surface area contributed by atoms with Gasteiger partial charge in [-0.25, -0.2) is 0 Å². The number of carbonyl (C=O) groups excluding carboxylic acids is 3. The highest BCUT2D eigenvalue weighted by Gasteiger charge is 2.51. The van der Waals surface area contributed by atoms with Crippen LogP contribution in [0.15, 0.2) is 24.3 Å². The number of halogens is 1. The van der Waals surface area contributed by atoms with Gasteiger partial charge in [0, 0.05) is 74.9 Å². The highest BCUT2D eigenvalue weighted by Crippen LogP contribution is 2.42. The van der Waals surface area contributed by atoms with E-state index in [1.165, 1.54) is 0 Å². The Bertz CT molecular complexity index is 1310. The van der Waals surface area contributed by atoms with Gasteiger partial charge in [0.15, 0.2) is 0 Å². The van der Waals surface area contributed by atoms with Crippen molar-refractivity contribution in [3.05, 3.63) is 34.9 Å². The number of amides is 3. The van der Waals surface area contributed by atoms with Gasteiger partial charge in [0.25, 0.3) is 5.91 Å². The molecule has 0 N–H and O–H groups in total. The van der Waals surface area contributed by atoms with Gasteiger partial charge >= 0.3 is 0 Å². The molecule has 0 bridgehead atoms. The summed E-state index contributed by atoms with van der Waals surface area (Å²) < 4.78 is 5.97. The van der Waals surface area contributed by atoms with E-state index in [9.17, 15) is 9.59 Å². The van der Waals surface area contributed by atoms with Crippen LogP contribution in [0.5, 0.6) is 0 Å². The van der Waals surface area contributed by atoms with Gasteiger partial charge in [0.1, 0.15) is 12.1 Å². The normalized spacial score (nSPS) is 30.6. The highest BCUT2D eigenvalue weighted by molar-refractivity contribution is 6.30. The van der Waals surface area contributed by atoms with Gasteiger partial charge in [-0.15, -0.1) is 0 Å². The smallest absolute Gasteiger partial charge is 0.252 e. The molecule has 4 aliphatic heterocycles. The average Bonchev–Trinajstić information content (AvgIpc) is 3.82. The summed E-state index contributed by atoms with van der Waals surface area (Å²) in [5.41, 5.74) is 1.24. The standard InChI is InChI=1S/C38H58ClN5O4/c1-37(2,3)42-24-30(26-9-11-27(39)12-10-26)31(25-42)34(45)43-23-29(22-32(43)35(46)41-19-17-40(6)18-20-41)44(36(47)33-8-7-21-48-33)28-13-15-38(4,5)16-14-28/h9-12,28-33H,7-8,13-25H2,1-6H3/t29-,30-,31+,32-,33-/m0/s1. The van der Waals surface area contributed by atoms with E-state index in [4.69, 9.17) is 16.3 Å². The summed E-state index contributed by atoms with van der Waals surface area (Å²) in [7, 11) is 2.08. The average molecular weight is 684 g/mol. The fraction of sp³-hybridized carbons (Fsp3) is 0.763. The summed E-state index contributed by atoms with van der Waals surface area (Å²) in [5.74, 6) is -0.198. The first-order valence-electron chi connectivity index (χ1n) is 18.4. The van der Waals surface area contributed by atoms with E-state index in [2.05, 4.69) is 56.4 Å². The predicted octanol–water partition coefficient (Wildman–Crippen LogP) is 4.87. The van der Waals surface area contributed by atoms with E-state index in [-0.39, 0.29) is 52.6 Å². The number of rotatable bonds is 6. The monoisotopic (exact) mass is 683 g/mol. The molecule has 3 amide bonds. The molecule has 266 valence electrons. The number of hydrogen-bond acceptors (Lipinski definition) is 6. The second-order valence-electron chi connectivity index (χ2n) is 17.0. The van der Waals surface area contributed by atoms with Gasteiger partial charge in [-0.2, -0.15) is 0 Å². The Kier molecular flexibility index (Phi) is 10.5. The lowest BCUT2D eigenvalue weighted by atomic mass is 9.75.